The minimum Gasteiger partial charge on any atom is -0.393 e. The van der Waals surface area contributed by atoms with Gasteiger partial charge in [-0.25, -0.2) is 0 Å². The second-order valence-electron chi connectivity index (χ2n) is 4.23. The molecule has 1 aliphatic heterocycles. The van der Waals surface area contributed by atoms with Gasteiger partial charge < -0.3 is 10.0 Å². The van der Waals surface area contributed by atoms with Gasteiger partial charge in [-0.2, -0.15) is 0 Å². The highest BCUT2D eigenvalue weighted by Gasteiger charge is 2.24. The van der Waals surface area contributed by atoms with E-state index in [2.05, 4.69) is 18.7 Å². The Morgan fingerprint density at radius 1 is 1.33 bits per heavy atom. The summed E-state index contributed by atoms with van der Waals surface area (Å²) < 4.78 is 0. The molecule has 0 saturated carbocycles. The van der Waals surface area contributed by atoms with Crippen LogP contribution in [0, 0.1) is 5.92 Å². The molecule has 0 unspecified atom stereocenters. The third-order valence-electron chi connectivity index (χ3n) is 2.90. The predicted octanol–water partition coefficient (Wildman–Crippen LogP) is 1.49. The van der Waals surface area contributed by atoms with Crippen molar-refractivity contribution in [3.8, 4) is 0 Å². The number of likely N-dealkylation sites (tertiary alicyclic amines) is 1. The summed E-state index contributed by atoms with van der Waals surface area (Å²) in [5, 5.41) is 9.45. The Kier molecular flexibility index (Phi) is 3.53. The fraction of sp³-hybridized carbons (Fsp3) is 1.00. The average Bonchev–Trinajstić information content (AvgIpc) is 2.04. The largest absolute Gasteiger partial charge is 0.393 e. The lowest BCUT2D eigenvalue weighted by molar-refractivity contribution is 0.0507. The Hall–Kier alpha value is -0.0800. The van der Waals surface area contributed by atoms with Crippen LogP contribution < -0.4 is 0 Å². The number of piperidine rings is 1. The molecule has 1 fully saturated rings. The third-order valence-corrected chi connectivity index (χ3v) is 2.90. The summed E-state index contributed by atoms with van der Waals surface area (Å²) in [7, 11) is 0. The molecule has 1 rings (SSSR count). The normalized spacial score (nSPS) is 29.2. The monoisotopic (exact) mass is 171 g/mol. The first kappa shape index (κ1) is 10.0. The van der Waals surface area contributed by atoms with Crippen LogP contribution in [-0.2, 0) is 0 Å². The van der Waals surface area contributed by atoms with Gasteiger partial charge >= 0.3 is 0 Å². The molecule has 72 valence electrons. The molecular weight excluding hydrogens is 150 g/mol. The number of aliphatic hydroxyl groups is 1. The van der Waals surface area contributed by atoms with Crippen molar-refractivity contribution in [2.75, 3.05) is 13.1 Å². The first-order chi connectivity index (χ1) is 5.61. The molecule has 2 heteroatoms. The number of aliphatic hydroxyl groups excluding tert-OH is 1. The van der Waals surface area contributed by atoms with Crippen LogP contribution in [0.25, 0.3) is 0 Å². The molecule has 0 aromatic carbocycles. The summed E-state index contributed by atoms with van der Waals surface area (Å²) in [4.78, 5) is 2.46. The highest BCUT2D eigenvalue weighted by atomic mass is 16.3. The van der Waals surface area contributed by atoms with Gasteiger partial charge in [0.2, 0.25) is 0 Å². The smallest absolute Gasteiger partial charge is 0.0552 e. The average molecular weight is 171 g/mol. The lowest BCUT2D eigenvalue weighted by Crippen LogP contribution is -2.42. The second kappa shape index (κ2) is 4.24. The molecule has 0 spiro atoms. The molecule has 1 aliphatic rings. The van der Waals surface area contributed by atoms with E-state index in [-0.39, 0.29) is 6.10 Å². The van der Waals surface area contributed by atoms with E-state index in [1.807, 2.05) is 6.92 Å². The van der Waals surface area contributed by atoms with Crippen LogP contribution in [0.15, 0.2) is 0 Å². The van der Waals surface area contributed by atoms with Gasteiger partial charge in [-0.1, -0.05) is 0 Å². The fourth-order valence-electron chi connectivity index (χ4n) is 1.90. The minimum absolute atomic E-state index is 0.133. The predicted molar refractivity (Wildman–Crippen MR) is 51.1 cm³/mol. The highest BCUT2D eigenvalue weighted by molar-refractivity contribution is 4.77. The van der Waals surface area contributed by atoms with Gasteiger partial charge in [-0.05, 0) is 46.1 Å². The van der Waals surface area contributed by atoms with E-state index in [1.165, 1.54) is 19.4 Å². The first-order valence-corrected chi connectivity index (χ1v) is 5.03. The van der Waals surface area contributed by atoms with Crippen LogP contribution in [0.5, 0.6) is 0 Å². The topological polar surface area (TPSA) is 23.5 Å². The SMILES string of the molecule is CC(C)N1CCC[C@@H]([C@H](C)O)C1. The molecule has 1 heterocycles. The van der Waals surface area contributed by atoms with Gasteiger partial charge in [0.15, 0.2) is 0 Å². The van der Waals surface area contributed by atoms with Crippen LogP contribution >= 0.6 is 0 Å². The number of hydrogen-bond acceptors (Lipinski definition) is 2. The lowest BCUT2D eigenvalue weighted by atomic mass is 9.93. The molecular formula is C10H21NO. The molecule has 12 heavy (non-hydrogen) atoms. The molecule has 0 amide bonds. The Bertz CT molecular complexity index is 120. The van der Waals surface area contributed by atoms with E-state index in [9.17, 15) is 5.11 Å². The molecule has 0 radical (unpaired) electrons. The van der Waals surface area contributed by atoms with E-state index < -0.39 is 0 Å². The van der Waals surface area contributed by atoms with Crippen molar-refractivity contribution in [1.29, 1.82) is 0 Å². The molecule has 1 N–H and O–H groups in total. The second-order valence-corrected chi connectivity index (χ2v) is 4.23. The molecule has 0 aromatic rings. The zero-order chi connectivity index (χ0) is 9.14. The van der Waals surface area contributed by atoms with Crippen LogP contribution in [0.4, 0.5) is 0 Å². The number of rotatable bonds is 2. The summed E-state index contributed by atoms with van der Waals surface area (Å²) in [6.07, 6.45) is 2.31. The maximum atomic E-state index is 9.45. The van der Waals surface area contributed by atoms with Crippen molar-refractivity contribution in [2.24, 2.45) is 5.92 Å². The minimum atomic E-state index is -0.133. The van der Waals surface area contributed by atoms with E-state index >= 15 is 0 Å². The fourth-order valence-corrected chi connectivity index (χ4v) is 1.90. The summed E-state index contributed by atoms with van der Waals surface area (Å²) in [5.41, 5.74) is 0. The molecule has 2 nitrogen and oxygen atoms in total. The number of nitrogens with zero attached hydrogens (tertiary/aromatic N) is 1. The summed E-state index contributed by atoms with van der Waals surface area (Å²) in [6.45, 7) is 8.65. The third kappa shape index (κ3) is 2.46. The van der Waals surface area contributed by atoms with Gasteiger partial charge in [0.25, 0.3) is 0 Å². The molecule has 1 saturated heterocycles. The Labute approximate surface area is 75.6 Å². The van der Waals surface area contributed by atoms with Crippen molar-refractivity contribution >= 4 is 0 Å². The van der Waals surface area contributed by atoms with Crippen molar-refractivity contribution < 1.29 is 5.11 Å². The van der Waals surface area contributed by atoms with Crippen LogP contribution in [0.1, 0.15) is 33.6 Å². The van der Waals surface area contributed by atoms with E-state index in [1.54, 1.807) is 0 Å². The van der Waals surface area contributed by atoms with Crippen molar-refractivity contribution in [2.45, 2.75) is 45.8 Å². The lowest BCUT2D eigenvalue weighted by Gasteiger charge is -2.36. The molecule has 0 aromatic heterocycles. The Morgan fingerprint density at radius 2 is 2.00 bits per heavy atom. The Morgan fingerprint density at radius 3 is 2.50 bits per heavy atom. The van der Waals surface area contributed by atoms with Crippen LogP contribution in [0.2, 0.25) is 0 Å². The van der Waals surface area contributed by atoms with E-state index in [0.29, 0.717) is 12.0 Å². The molecule has 0 aliphatic carbocycles. The van der Waals surface area contributed by atoms with Crippen molar-refractivity contribution in [3.63, 3.8) is 0 Å². The maximum Gasteiger partial charge on any atom is 0.0552 e. The van der Waals surface area contributed by atoms with Gasteiger partial charge in [0.05, 0.1) is 6.10 Å². The van der Waals surface area contributed by atoms with Gasteiger partial charge in [0.1, 0.15) is 0 Å². The number of hydrogen-bond donors (Lipinski definition) is 1. The molecule has 0 bridgehead atoms. The zero-order valence-electron chi connectivity index (χ0n) is 8.45. The van der Waals surface area contributed by atoms with Gasteiger partial charge in [-0.3, -0.25) is 0 Å². The van der Waals surface area contributed by atoms with Crippen molar-refractivity contribution in [3.05, 3.63) is 0 Å². The van der Waals surface area contributed by atoms with Crippen LogP contribution in [0.3, 0.4) is 0 Å². The first-order valence-electron chi connectivity index (χ1n) is 5.03. The summed E-state index contributed by atoms with van der Waals surface area (Å²) in [6, 6.07) is 0.631. The van der Waals surface area contributed by atoms with E-state index in [0.717, 1.165) is 6.54 Å². The summed E-state index contributed by atoms with van der Waals surface area (Å²) in [5.74, 6) is 0.501. The standard InChI is InChI=1S/C10H21NO/c1-8(2)11-6-4-5-10(7-11)9(3)12/h8-10,12H,4-7H2,1-3H3/t9-,10+/m0/s1. The maximum absolute atomic E-state index is 9.45. The van der Waals surface area contributed by atoms with E-state index in [4.69, 9.17) is 0 Å². The molecule has 2 atom stereocenters. The highest BCUT2D eigenvalue weighted by Crippen LogP contribution is 2.20. The quantitative estimate of drug-likeness (QED) is 0.680. The van der Waals surface area contributed by atoms with Crippen molar-refractivity contribution in [1.82, 2.24) is 4.90 Å². The summed E-state index contributed by atoms with van der Waals surface area (Å²) >= 11 is 0. The Balaban J connectivity index is 2.40. The zero-order valence-corrected chi connectivity index (χ0v) is 8.45. The van der Waals surface area contributed by atoms with Gasteiger partial charge in [-0.15, -0.1) is 0 Å². The van der Waals surface area contributed by atoms with Gasteiger partial charge in [0, 0.05) is 12.6 Å². The van der Waals surface area contributed by atoms with Crippen LogP contribution in [-0.4, -0.2) is 35.2 Å².